The number of carbonyl (C=O) groups excluding carboxylic acids is 1. The molecule has 2 aromatic rings. The Morgan fingerprint density at radius 3 is 2.56 bits per heavy atom. The SMILES string of the molecule is COc1ccc(C(C)(C)C)cc1NC(=O)CCNS(=O)(=O)c1cccnc1. The second-order valence-corrected chi connectivity index (χ2v) is 8.82. The molecule has 1 aromatic heterocycles. The van der Waals surface area contributed by atoms with E-state index in [0.29, 0.717) is 11.4 Å². The Hall–Kier alpha value is -2.45. The number of benzene rings is 1. The lowest BCUT2D eigenvalue weighted by molar-refractivity contribution is -0.116. The zero-order valence-corrected chi connectivity index (χ0v) is 16.8. The Kier molecular flexibility index (Phi) is 6.56. The average molecular weight is 391 g/mol. The molecule has 0 unspecified atom stereocenters. The van der Waals surface area contributed by atoms with Crippen LogP contribution in [-0.4, -0.2) is 33.0 Å². The number of hydrogen-bond acceptors (Lipinski definition) is 5. The normalized spacial score (nSPS) is 11.9. The number of hydrogen-bond donors (Lipinski definition) is 2. The fraction of sp³-hybridized carbons (Fsp3) is 0.368. The predicted molar refractivity (Wildman–Crippen MR) is 104 cm³/mol. The molecular weight excluding hydrogens is 366 g/mol. The van der Waals surface area contributed by atoms with Crippen molar-refractivity contribution in [2.45, 2.75) is 37.5 Å². The molecular formula is C19H25N3O4S. The van der Waals surface area contributed by atoms with Gasteiger partial charge in [0.1, 0.15) is 10.6 Å². The zero-order valence-electron chi connectivity index (χ0n) is 15.9. The van der Waals surface area contributed by atoms with Gasteiger partial charge in [0.2, 0.25) is 15.9 Å². The molecule has 8 heteroatoms. The summed E-state index contributed by atoms with van der Waals surface area (Å²) in [4.78, 5) is 16.1. The van der Waals surface area contributed by atoms with E-state index in [4.69, 9.17) is 4.74 Å². The summed E-state index contributed by atoms with van der Waals surface area (Å²) in [7, 11) is -2.15. The van der Waals surface area contributed by atoms with Crippen LogP contribution in [0.25, 0.3) is 0 Å². The maximum atomic E-state index is 12.3. The van der Waals surface area contributed by atoms with Crippen molar-refractivity contribution in [1.82, 2.24) is 9.71 Å². The summed E-state index contributed by atoms with van der Waals surface area (Å²) in [6.07, 6.45) is 2.74. The zero-order chi connectivity index (χ0) is 20.1. The van der Waals surface area contributed by atoms with Crippen LogP contribution >= 0.6 is 0 Å². The number of rotatable bonds is 7. The molecule has 1 heterocycles. The minimum atomic E-state index is -3.68. The van der Waals surface area contributed by atoms with E-state index >= 15 is 0 Å². The van der Waals surface area contributed by atoms with Gasteiger partial charge in [-0.05, 0) is 35.2 Å². The molecule has 27 heavy (non-hydrogen) atoms. The number of carbonyl (C=O) groups is 1. The average Bonchev–Trinajstić information content (AvgIpc) is 2.61. The smallest absolute Gasteiger partial charge is 0.242 e. The largest absolute Gasteiger partial charge is 0.495 e. The topological polar surface area (TPSA) is 97.4 Å². The number of ether oxygens (including phenoxy) is 1. The van der Waals surface area contributed by atoms with Crippen molar-refractivity contribution >= 4 is 21.6 Å². The third-order valence-corrected chi connectivity index (χ3v) is 5.37. The van der Waals surface area contributed by atoms with Crippen LogP contribution in [0.2, 0.25) is 0 Å². The first-order valence-electron chi connectivity index (χ1n) is 8.51. The van der Waals surface area contributed by atoms with Crippen LogP contribution in [0.1, 0.15) is 32.8 Å². The second kappa shape index (κ2) is 8.49. The van der Waals surface area contributed by atoms with Crippen molar-refractivity contribution in [2.75, 3.05) is 19.0 Å². The van der Waals surface area contributed by atoms with Crippen molar-refractivity contribution in [3.8, 4) is 5.75 Å². The summed E-state index contributed by atoms with van der Waals surface area (Å²) >= 11 is 0. The van der Waals surface area contributed by atoms with Crippen LogP contribution in [0.4, 0.5) is 5.69 Å². The van der Waals surface area contributed by atoms with Crippen LogP contribution in [0.3, 0.4) is 0 Å². The van der Waals surface area contributed by atoms with Crippen LogP contribution in [0, 0.1) is 0 Å². The molecule has 7 nitrogen and oxygen atoms in total. The van der Waals surface area contributed by atoms with Gasteiger partial charge in [-0.15, -0.1) is 0 Å². The lowest BCUT2D eigenvalue weighted by atomic mass is 9.87. The molecule has 0 atom stereocenters. The Morgan fingerprint density at radius 2 is 1.96 bits per heavy atom. The summed E-state index contributed by atoms with van der Waals surface area (Å²) in [6.45, 7) is 6.21. The Morgan fingerprint density at radius 1 is 1.22 bits per heavy atom. The molecule has 0 spiro atoms. The fourth-order valence-electron chi connectivity index (χ4n) is 2.37. The number of anilines is 1. The number of sulfonamides is 1. The monoisotopic (exact) mass is 391 g/mol. The first-order valence-corrected chi connectivity index (χ1v) is 10.00. The molecule has 1 aromatic carbocycles. The molecule has 0 aliphatic heterocycles. The van der Waals surface area contributed by atoms with Gasteiger partial charge in [0, 0.05) is 25.4 Å². The van der Waals surface area contributed by atoms with Gasteiger partial charge >= 0.3 is 0 Å². The maximum Gasteiger partial charge on any atom is 0.242 e. The molecule has 0 saturated carbocycles. The Bertz CT molecular complexity index is 891. The summed E-state index contributed by atoms with van der Waals surface area (Å²) in [5.74, 6) is 0.237. The van der Waals surface area contributed by atoms with E-state index in [1.165, 1.54) is 31.6 Å². The minimum absolute atomic E-state index is 0.0115. The molecule has 0 saturated heterocycles. The highest BCUT2D eigenvalue weighted by atomic mass is 32.2. The van der Waals surface area contributed by atoms with Crippen LogP contribution < -0.4 is 14.8 Å². The molecule has 0 aliphatic rings. The third-order valence-electron chi connectivity index (χ3n) is 3.93. The molecule has 0 bridgehead atoms. The van der Waals surface area contributed by atoms with Gasteiger partial charge in [0.25, 0.3) is 0 Å². The van der Waals surface area contributed by atoms with Crippen LogP contribution in [0.15, 0.2) is 47.6 Å². The number of nitrogens with one attached hydrogen (secondary N) is 2. The summed E-state index contributed by atoms with van der Waals surface area (Å²) in [5.41, 5.74) is 1.53. The van der Waals surface area contributed by atoms with E-state index in [9.17, 15) is 13.2 Å². The molecule has 146 valence electrons. The lowest BCUT2D eigenvalue weighted by Gasteiger charge is -2.21. The number of pyridine rings is 1. The van der Waals surface area contributed by atoms with E-state index in [2.05, 4.69) is 35.8 Å². The van der Waals surface area contributed by atoms with Gasteiger partial charge < -0.3 is 10.1 Å². The van der Waals surface area contributed by atoms with E-state index < -0.39 is 10.0 Å². The summed E-state index contributed by atoms with van der Waals surface area (Å²) in [6, 6.07) is 8.61. The highest BCUT2D eigenvalue weighted by molar-refractivity contribution is 7.89. The Labute approximate surface area is 160 Å². The molecule has 2 rings (SSSR count). The molecule has 0 fully saturated rings. The quantitative estimate of drug-likeness (QED) is 0.756. The van der Waals surface area contributed by atoms with E-state index in [-0.39, 0.29) is 29.2 Å². The van der Waals surface area contributed by atoms with E-state index in [1.54, 1.807) is 6.07 Å². The van der Waals surface area contributed by atoms with Crippen LogP contribution in [0.5, 0.6) is 5.75 Å². The third kappa shape index (κ3) is 5.77. The highest BCUT2D eigenvalue weighted by Crippen LogP contribution is 2.31. The van der Waals surface area contributed by atoms with Gasteiger partial charge in [0.05, 0.1) is 12.8 Å². The molecule has 2 N–H and O–H groups in total. The number of methoxy groups -OCH3 is 1. The van der Waals surface area contributed by atoms with Gasteiger partial charge in [-0.2, -0.15) is 0 Å². The number of amides is 1. The summed E-state index contributed by atoms with van der Waals surface area (Å²) < 4.78 is 31.9. The highest BCUT2D eigenvalue weighted by Gasteiger charge is 2.18. The molecule has 0 aliphatic carbocycles. The van der Waals surface area contributed by atoms with Crippen molar-refractivity contribution in [3.63, 3.8) is 0 Å². The van der Waals surface area contributed by atoms with Crippen molar-refractivity contribution in [2.24, 2.45) is 0 Å². The van der Waals surface area contributed by atoms with Gasteiger partial charge in [-0.3, -0.25) is 9.78 Å². The van der Waals surface area contributed by atoms with Gasteiger partial charge in [-0.1, -0.05) is 26.8 Å². The predicted octanol–water partition coefficient (Wildman–Crippen LogP) is 2.69. The van der Waals surface area contributed by atoms with Crippen molar-refractivity contribution in [1.29, 1.82) is 0 Å². The fourth-order valence-corrected chi connectivity index (χ4v) is 3.37. The van der Waals surface area contributed by atoms with E-state index in [0.717, 1.165) is 5.56 Å². The second-order valence-electron chi connectivity index (χ2n) is 7.05. The van der Waals surface area contributed by atoms with Gasteiger partial charge in [-0.25, -0.2) is 13.1 Å². The van der Waals surface area contributed by atoms with Gasteiger partial charge in [0.15, 0.2) is 0 Å². The minimum Gasteiger partial charge on any atom is -0.495 e. The maximum absolute atomic E-state index is 12.3. The summed E-state index contributed by atoms with van der Waals surface area (Å²) in [5, 5.41) is 2.79. The first kappa shape index (κ1) is 20.9. The van der Waals surface area contributed by atoms with Crippen LogP contribution in [-0.2, 0) is 20.2 Å². The molecule has 1 amide bonds. The first-order chi connectivity index (χ1) is 12.6. The van der Waals surface area contributed by atoms with E-state index in [1.807, 2.05) is 12.1 Å². The number of nitrogens with zero attached hydrogens (tertiary/aromatic N) is 1. The Balaban J connectivity index is 2.00. The molecule has 0 radical (unpaired) electrons. The van der Waals surface area contributed by atoms with Crippen molar-refractivity contribution < 1.29 is 17.9 Å². The standard InChI is InChI=1S/C19H25N3O4S/c1-19(2,3)14-7-8-17(26-4)16(12-14)22-18(23)9-11-21-27(24,25)15-6-5-10-20-13-15/h5-8,10,12-13,21H,9,11H2,1-4H3,(H,22,23). The number of aromatic nitrogens is 1. The lowest BCUT2D eigenvalue weighted by Crippen LogP contribution is -2.28. The van der Waals surface area contributed by atoms with Crippen molar-refractivity contribution in [3.05, 3.63) is 48.3 Å².